The Labute approximate surface area is 262 Å². The summed E-state index contributed by atoms with van der Waals surface area (Å²) in [6.45, 7) is 1.43. The molecule has 0 fully saturated rings. The zero-order chi connectivity index (χ0) is 30.1. The van der Waals surface area contributed by atoms with E-state index in [1.165, 1.54) is 33.4 Å². The number of anilines is 6. The van der Waals surface area contributed by atoms with Crippen LogP contribution >= 0.6 is 0 Å². The molecule has 3 aliphatic rings. The molecule has 2 aromatic heterocycles. The molecule has 4 heterocycles. The number of hydrogen-bond acceptors (Lipinski definition) is 7. The van der Waals surface area contributed by atoms with Gasteiger partial charge in [0.15, 0.2) is 17.5 Å². The molecule has 7 nitrogen and oxygen atoms in total. The second-order valence-electron chi connectivity index (χ2n) is 12.0. The Morgan fingerprint density at radius 2 is 1.07 bits per heavy atom. The molecule has 0 amide bonds. The molecule has 9 rings (SSSR count). The summed E-state index contributed by atoms with van der Waals surface area (Å²) in [5.74, 6) is 2.76. The third-order valence-corrected chi connectivity index (χ3v) is 9.55. The van der Waals surface area contributed by atoms with Crippen LogP contribution in [0.1, 0.15) is 22.3 Å². The van der Waals surface area contributed by atoms with Crippen molar-refractivity contribution in [3.05, 3.63) is 150 Å². The van der Waals surface area contributed by atoms with Crippen LogP contribution in [-0.4, -0.2) is 42.4 Å². The van der Waals surface area contributed by atoms with Crippen molar-refractivity contribution in [2.24, 2.45) is 0 Å². The van der Waals surface area contributed by atoms with Gasteiger partial charge >= 0.3 is 0 Å². The average molecular weight is 586 g/mol. The maximum atomic E-state index is 4.79. The van der Waals surface area contributed by atoms with Gasteiger partial charge in [-0.15, -0.1) is 0 Å². The van der Waals surface area contributed by atoms with Crippen molar-refractivity contribution in [1.82, 2.24) is 15.0 Å². The van der Waals surface area contributed by atoms with Crippen LogP contribution in [0.4, 0.5) is 34.5 Å². The fraction of sp³-hybridized carbons (Fsp3) is 0.132. The lowest BCUT2D eigenvalue weighted by Crippen LogP contribution is -2.30. The lowest BCUT2D eigenvalue weighted by molar-refractivity contribution is 0.766. The van der Waals surface area contributed by atoms with Crippen molar-refractivity contribution in [2.75, 3.05) is 47.0 Å². The number of benzene rings is 4. The van der Waals surface area contributed by atoms with Gasteiger partial charge in [0.1, 0.15) is 0 Å². The molecular weight excluding hydrogens is 554 g/mol. The van der Waals surface area contributed by atoms with Gasteiger partial charge in [0.05, 0.1) is 24.4 Å². The Kier molecular flexibility index (Phi) is 5.53. The molecule has 7 heteroatoms. The Morgan fingerprint density at radius 1 is 0.511 bits per heavy atom. The van der Waals surface area contributed by atoms with Crippen LogP contribution < -0.4 is 19.6 Å². The summed E-state index contributed by atoms with van der Waals surface area (Å²) in [4.78, 5) is 23.1. The Hall–Kier alpha value is -5.69. The van der Waals surface area contributed by atoms with Crippen molar-refractivity contribution in [3.8, 4) is 11.1 Å². The highest BCUT2D eigenvalue weighted by atomic mass is 15.4. The molecule has 2 aliphatic heterocycles. The van der Waals surface area contributed by atoms with Gasteiger partial charge in [0.2, 0.25) is 0 Å². The summed E-state index contributed by atoms with van der Waals surface area (Å²) in [7, 11) is 4.19. The Bertz CT molecular complexity index is 1960. The van der Waals surface area contributed by atoms with Gasteiger partial charge in [-0.25, -0.2) is 15.0 Å². The highest BCUT2D eigenvalue weighted by Gasteiger charge is 2.46. The van der Waals surface area contributed by atoms with Crippen LogP contribution in [0.25, 0.3) is 11.1 Å². The van der Waals surface area contributed by atoms with E-state index in [0.29, 0.717) is 6.67 Å². The number of fused-ring (bicyclic) bond motifs is 5. The lowest BCUT2D eigenvalue weighted by Gasteiger charge is -2.35. The minimum absolute atomic E-state index is 0.533. The predicted octanol–water partition coefficient (Wildman–Crippen LogP) is 7.33. The summed E-state index contributed by atoms with van der Waals surface area (Å²) in [6, 6.07) is 40.0. The number of pyridine rings is 1. The van der Waals surface area contributed by atoms with Crippen molar-refractivity contribution in [2.45, 2.75) is 5.41 Å². The average Bonchev–Trinajstić information content (AvgIpc) is 3.73. The van der Waals surface area contributed by atoms with E-state index >= 15 is 0 Å². The first-order chi connectivity index (χ1) is 22.1. The number of aromatic nitrogens is 3. The maximum Gasteiger partial charge on any atom is 0.178 e. The summed E-state index contributed by atoms with van der Waals surface area (Å²) in [5, 5.41) is 0. The van der Waals surface area contributed by atoms with Gasteiger partial charge in [0, 0.05) is 44.1 Å². The van der Waals surface area contributed by atoms with Crippen LogP contribution in [0.2, 0.25) is 0 Å². The monoisotopic (exact) mass is 585 g/mol. The van der Waals surface area contributed by atoms with Gasteiger partial charge in [-0.1, -0.05) is 72.8 Å². The van der Waals surface area contributed by atoms with Crippen LogP contribution in [0, 0.1) is 0 Å². The Balaban J connectivity index is 1.28. The smallest absolute Gasteiger partial charge is 0.178 e. The second-order valence-corrected chi connectivity index (χ2v) is 12.0. The lowest BCUT2D eigenvalue weighted by atomic mass is 9.67. The van der Waals surface area contributed by atoms with Crippen molar-refractivity contribution in [1.29, 1.82) is 0 Å². The molecule has 0 saturated carbocycles. The minimum Gasteiger partial charge on any atom is -0.354 e. The van der Waals surface area contributed by atoms with E-state index in [1.807, 2.05) is 12.3 Å². The van der Waals surface area contributed by atoms with Gasteiger partial charge in [-0.3, -0.25) is 0 Å². The SMILES string of the molecule is CN1CN(c2cccc(C3(c4cccc(N5CN(C)c6nccnc65)c4)c4ccccc4-c4ccccc43)c2)c2ncccc21. The molecule has 218 valence electrons. The first-order valence-electron chi connectivity index (χ1n) is 15.3. The third-order valence-electron chi connectivity index (χ3n) is 9.55. The van der Waals surface area contributed by atoms with E-state index in [-0.39, 0.29) is 0 Å². The molecule has 0 atom stereocenters. The van der Waals surface area contributed by atoms with E-state index in [2.05, 4.69) is 142 Å². The third kappa shape index (κ3) is 3.61. The first kappa shape index (κ1) is 25.8. The van der Waals surface area contributed by atoms with Crippen molar-refractivity contribution < 1.29 is 0 Å². The quantitative estimate of drug-likeness (QED) is 0.214. The summed E-state index contributed by atoms with van der Waals surface area (Å²) >= 11 is 0. The fourth-order valence-electron chi connectivity index (χ4n) is 7.62. The molecule has 0 spiro atoms. The highest BCUT2D eigenvalue weighted by molar-refractivity contribution is 5.88. The van der Waals surface area contributed by atoms with Crippen LogP contribution in [0.3, 0.4) is 0 Å². The molecule has 4 aromatic carbocycles. The maximum absolute atomic E-state index is 4.79. The zero-order valence-corrected chi connectivity index (χ0v) is 25.2. The van der Waals surface area contributed by atoms with Crippen LogP contribution in [0.15, 0.2) is 128 Å². The topological polar surface area (TPSA) is 51.6 Å². The summed E-state index contributed by atoms with van der Waals surface area (Å²) in [6.07, 6.45) is 5.41. The highest BCUT2D eigenvalue weighted by Crippen LogP contribution is 2.57. The number of nitrogens with zero attached hydrogens (tertiary/aromatic N) is 7. The molecular formula is C38H31N7. The second kappa shape index (κ2) is 9.66. The molecule has 0 saturated heterocycles. The largest absolute Gasteiger partial charge is 0.354 e. The molecule has 0 bridgehead atoms. The molecule has 6 aromatic rings. The van der Waals surface area contributed by atoms with E-state index in [9.17, 15) is 0 Å². The van der Waals surface area contributed by atoms with Crippen LogP contribution in [-0.2, 0) is 5.41 Å². The van der Waals surface area contributed by atoms with E-state index in [0.717, 1.165) is 41.2 Å². The van der Waals surface area contributed by atoms with Gasteiger partial charge in [-0.05, 0) is 69.8 Å². The molecule has 1 aliphatic carbocycles. The first-order valence-corrected chi connectivity index (χ1v) is 15.3. The minimum atomic E-state index is -0.533. The summed E-state index contributed by atoms with van der Waals surface area (Å²) < 4.78 is 0. The predicted molar refractivity (Wildman–Crippen MR) is 181 cm³/mol. The van der Waals surface area contributed by atoms with Gasteiger partial charge in [0.25, 0.3) is 0 Å². The fourth-order valence-corrected chi connectivity index (χ4v) is 7.62. The van der Waals surface area contributed by atoms with Crippen LogP contribution in [0.5, 0.6) is 0 Å². The standard InChI is InChI=1S/C38H31N7/c1-42-24-44(35-34(42)18-9-19-39-35)28-12-7-10-26(22-28)38(32-16-5-3-14-30(32)31-15-4-6-17-33(31)38)27-11-8-13-29(23-27)45-25-43(2)36-37(45)41-21-20-40-36/h3-23H,24-25H2,1-2H3. The molecule has 0 radical (unpaired) electrons. The van der Waals surface area contributed by atoms with Crippen molar-refractivity contribution >= 4 is 34.5 Å². The zero-order valence-electron chi connectivity index (χ0n) is 25.2. The molecule has 0 unspecified atom stereocenters. The van der Waals surface area contributed by atoms with Crippen molar-refractivity contribution in [3.63, 3.8) is 0 Å². The van der Waals surface area contributed by atoms with E-state index < -0.39 is 5.41 Å². The van der Waals surface area contributed by atoms with Gasteiger partial charge < -0.3 is 19.6 Å². The summed E-state index contributed by atoms with van der Waals surface area (Å²) in [5.41, 5.74) is 10.4. The number of rotatable bonds is 4. The molecule has 45 heavy (non-hydrogen) atoms. The molecule has 0 N–H and O–H groups in total. The van der Waals surface area contributed by atoms with Gasteiger partial charge in [-0.2, -0.15) is 0 Å². The number of hydrogen-bond donors (Lipinski definition) is 0. The van der Waals surface area contributed by atoms with E-state index in [4.69, 9.17) is 9.97 Å². The Morgan fingerprint density at radius 3 is 1.73 bits per heavy atom. The normalized spacial score (nSPS) is 15.6. The van der Waals surface area contributed by atoms with E-state index in [1.54, 1.807) is 12.4 Å².